The predicted molar refractivity (Wildman–Crippen MR) is 69.8 cm³/mol. The highest BCUT2D eigenvalue weighted by Crippen LogP contribution is 2.34. The Kier molecular flexibility index (Phi) is 3.47. The topological polar surface area (TPSA) is 83.5 Å². The largest absolute Gasteiger partial charge is 0.478 e. The van der Waals surface area contributed by atoms with Crippen LogP contribution in [0.2, 0.25) is 0 Å². The second-order valence-electron chi connectivity index (χ2n) is 3.90. The van der Waals surface area contributed by atoms with Crippen LogP contribution in [0.15, 0.2) is 41.8 Å². The summed E-state index contributed by atoms with van der Waals surface area (Å²) in [7, 11) is 0. The van der Waals surface area contributed by atoms with Gasteiger partial charge >= 0.3 is 5.97 Å². The first-order valence-corrected chi connectivity index (χ1v) is 6.27. The summed E-state index contributed by atoms with van der Waals surface area (Å²) in [6, 6.07) is 10.3. The molecule has 0 fully saturated rings. The Labute approximate surface area is 108 Å². The molecule has 1 aromatic heterocycles. The van der Waals surface area contributed by atoms with Gasteiger partial charge in [-0.1, -0.05) is 30.3 Å². The summed E-state index contributed by atoms with van der Waals surface area (Å²) in [5.41, 5.74) is 4.90. The Balaban J connectivity index is 2.57. The van der Waals surface area contributed by atoms with Crippen molar-refractivity contribution in [2.75, 3.05) is 6.54 Å². The van der Waals surface area contributed by atoms with Crippen LogP contribution in [-0.2, 0) is 5.60 Å². The van der Waals surface area contributed by atoms with Crippen molar-refractivity contribution >= 4 is 17.3 Å². The van der Waals surface area contributed by atoms with E-state index in [1.165, 1.54) is 17.4 Å². The van der Waals surface area contributed by atoms with Gasteiger partial charge in [-0.15, -0.1) is 11.3 Å². The molecule has 0 amide bonds. The Bertz CT molecular complexity index is 552. The third-order valence-corrected chi connectivity index (χ3v) is 3.88. The van der Waals surface area contributed by atoms with Crippen molar-refractivity contribution in [2.24, 2.45) is 5.73 Å². The van der Waals surface area contributed by atoms with Gasteiger partial charge in [0.2, 0.25) is 0 Å². The molecule has 0 saturated heterocycles. The van der Waals surface area contributed by atoms with E-state index in [0.29, 0.717) is 10.4 Å². The van der Waals surface area contributed by atoms with Crippen molar-refractivity contribution < 1.29 is 15.0 Å². The van der Waals surface area contributed by atoms with E-state index in [1.54, 1.807) is 29.6 Å². The molecule has 0 aliphatic rings. The highest BCUT2D eigenvalue weighted by Gasteiger charge is 2.35. The summed E-state index contributed by atoms with van der Waals surface area (Å²) in [5.74, 6) is -1.06. The molecule has 0 bridgehead atoms. The minimum absolute atomic E-state index is 0.0716. The zero-order valence-electron chi connectivity index (χ0n) is 9.54. The van der Waals surface area contributed by atoms with Crippen LogP contribution in [0.5, 0.6) is 0 Å². The molecule has 0 radical (unpaired) electrons. The smallest absolute Gasteiger partial charge is 0.336 e. The summed E-state index contributed by atoms with van der Waals surface area (Å²) in [6.07, 6.45) is 0. The molecule has 1 unspecified atom stereocenters. The molecule has 1 aromatic carbocycles. The van der Waals surface area contributed by atoms with Crippen molar-refractivity contribution in [3.8, 4) is 0 Å². The second kappa shape index (κ2) is 4.89. The van der Waals surface area contributed by atoms with Crippen LogP contribution < -0.4 is 5.73 Å². The van der Waals surface area contributed by atoms with Crippen LogP contribution in [0, 0.1) is 0 Å². The van der Waals surface area contributed by atoms with Gasteiger partial charge in [-0.05, 0) is 17.0 Å². The molecule has 2 rings (SSSR count). The lowest BCUT2D eigenvalue weighted by molar-refractivity contribution is 0.0665. The van der Waals surface area contributed by atoms with Gasteiger partial charge in [0.15, 0.2) is 0 Å². The zero-order chi connectivity index (χ0) is 13.2. The third-order valence-electron chi connectivity index (χ3n) is 2.82. The van der Waals surface area contributed by atoms with Gasteiger partial charge in [0.05, 0.1) is 10.4 Å². The molecule has 18 heavy (non-hydrogen) atoms. The monoisotopic (exact) mass is 263 g/mol. The van der Waals surface area contributed by atoms with Crippen LogP contribution in [0.4, 0.5) is 0 Å². The lowest BCUT2D eigenvalue weighted by Crippen LogP contribution is -2.36. The van der Waals surface area contributed by atoms with E-state index in [-0.39, 0.29) is 12.1 Å². The number of carbonyl (C=O) groups is 1. The van der Waals surface area contributed by atoms with Crippen LogP contribution in [0.1, 0.15) is 20.8 Å². The van der Waals surface area contributed by atoms with E-state index in [9.17, 15) is 9.90 Å². The van der Waals surface area contributed by atoms with Crippen molar-refractivity contribution in [2.45, 2.75) is 5.60 Å². The highest BCUT2D eigenvalue weighted by atomic mass is 32.1. The maximum atomic E-state index is 11.1. The molecule has 94 valence electrons. The Hall–Kier alpha value is -1.69. The fraction of sp³-hybridized carbons (Fsp3) is 0.154. The normalized spacial score (nSPS) is 14.1. The van der Waals surface area contributed by atoms with Crippen LogP contribution >= 0.6 is 11.3 Å². The summed E-state index contributed by atoms with van der Waals surface area (Å²) in [6.45, 7) is -0.0716. The SMILES string of the molecule is NCC(O)(c1ccccc1)c1sccc1C(=O)O. The summed E-state index contributed by atoms with van der Waals surface area (Å²) in [5, 5.41) is 21.5. The zero-order valence-corrected chi connectivity index (χ0v) is 10.4. The van der Waals surface area contributed by atoms with E-state index in [1.807, 2.05) is 6.07 Å². The molecule has 0 aliphatic heterocycles. The molecule has 4 nitrogen and oxygen atoms in total. The van der Waals surface area contributed by atoms with Gasteiger partial charge in [0, 0.05) is 6.54 Å². The van der Waals surface area contributed by atoms with Crippen molar-refractivity contribution in [1.29, 1.82) is 0 Å². The third kappa shape index (κ3) is 2.03. The van der Waals surface area contributed by atoms with E-state index >= 15 is 0 Å². The molecule has 0 aliphatic carbocycles. The molecule has 1 heterocycles. The number of aliphatic hydroxyl groups is 1. The van der Waals surface area contributed by atoms with E-state index < -0.39 is 11.6 Å². The van der Waals surface area contributed by atoms with Crippen LogP contribution in [0.3, 0.4) is 0 Å². The average molecular weight is 263 g/mol. The fourth-order valence-electron chi connectivity index (χ4n) is 1.85. The standard InChI is InChI=1S/C13H13NO3S/c14-8-13(17,9-4-2-1-3-5-9)11-10(12(15)16)6-7-18-11/h1-7,17H,8,14H2,(H,15,16). The maximum absolute atomic E-state index is 11.1. The van der Waals surface area contributed by atoms with Crippen molar-refractivity contribution in [3.63, 3.8) is 0 Å². The fourth-order valence-corrected chi connectivity index (χ4v) is 2.87. The Morgan fingerprint density at radius 3 is 2.50 bits per heavy atom. The molecular formula is C13H13NO3S. The van der Waals surface area contributed by atoms with Crippen molar-refractivity contribution in [3.05, 3.63) is 57.8 Å². The number of hydrogen-bond donors (Lipinski definition) is 3. The first-order chi connectivity index (χ1) is 8.59. The van der Waals surface area contributed by atoms with Crippen molar-refractivity contribution in [1.82, 2.24) is 0 Å². The van der Waals surface area contributed by atoms with Gasteiger partial charge < -0.3 is 15.9 Å². The molecule has 1 atom stereocenters. The second-order valence-corrected chi connectivity index (χ2v) is 4.82. The number of aromatic carboxylic acids is 1. The first-order valence-electron chi connectivity index (χ1n) is 5.39. The number of carboxylic acids is 1. The van der Waals surface area contributed by atoms with Gasteiger partial charge in [-0.3, -0.25) is 0 Å². The molecule has 2 aromatic rings. The average Bonchev–Trinajstić information content (AvgIpc) is 2.89. The predicted octanol–water partition coefficient (Wildman–Crippen LogP) is 1.64. The molecule has 0 spiro atoms. The number of thiophene rings is 1. The van der Waals surface area contributed by atoms with Gasteiger partial charge in [-0.2, -0.15) is 0 Å². The number of hydrogen-bond acceptors (Lipinski definition) is 4. The first kappa shape index (κ1) is 12.8. The minimum Gasteiger partial charge on any atom is -0.478 e. The maximum Gasteiger partial charge on any atom is 0.336 e. The number of benzene rings is 1. The van der Waals surface area contributed by atoms with Gasteiger partial charge in [0.1, 0.15) is 5.60 Å². The quantitative estimate of drug-likeness (QED) is 0.783. The number of nitrogens with two attached hydrogens (primary N) is 1. The van der Waals surface area contributed by atoms with Crippen LogP contribution in [0.25, 0.3) is 0 Å². The summed E-state index contributed by atoms with van der Waals surface area (Å²) >= 11 is 1.19. The van der Waals surface area contributed by atoms with Gasteiger partial charge in [-0.25, -0.2) is 4.79 Å². The Morgan fingerprint density at radius 1 is 1.28 bits per heavy atom. The number of carboxylic acid groups (broad SMARTS) is 1. The van der Waals surface area contributed by atoms with E-state index in [0.717, 1.165) is 0 Å². The molecule has 4 N–H and O–H groups in total. The van der Waals surface area contributed by atoms with E-state index in [4.69, 9.17) is 10.8 Å². The highest BCUT2D eigenvalue weighted by molar-refractivity contribution is 7.10. The lowest BCUT2D eigenvalue weighted by Gasteiger charge is -2.26. The van der Waals surface area contributed by atoms with Gasteiger partial charge in [0.25, 0.3) is 0 Å². The lowest BCUT2D eigenvalue weighted by atomic mass is 9.90. The molecule has 5 heteroatoms. The Morgan fingerprint density at radius 2 is 1.94 bits per heavy atom. The minimum atomic E-state index is -1.46. The van der Waals surface area contributed by atoms with E-state index in [2.05, 4.69) is 0 Å². The number of rotatable bonds is 4. The molecule has 0 saturated carbocycles. The van der Waals surface area contributed by atoms with Crippen LogP contribution in [-0.4, -0.2) is 22.7 Å². The molecular weight excluding hydrogens is 250 g/mol. The summed E-state index contributed by atoms with van der Waals surface area (Å²) < 4.78 is 0. The summed E-state index contributed by atoms with van der Waals surface area (Å²) in [4.78, 5) is 11.5.